The van der Waals surface area contributed by atoms with E-state index in [4.69, 9.17) is 0 Å². The molecule has 0 spiro atoms. The van der Waals surface area contributed by atoms with E-state index in [1.807, 2.05) is 0 Å². The van der Waals surface area contributed by atoms with E-state index in [0.29, 0.717) is 11.8 Å². The Morgan fingerprint density at radius 1 is 0.704 bits per heavy atom. The molecular weight excluding hydrogens is 324 g/mol. The van der Waals surface area contributed by atoms with Crippen LogP contribution in [0.25, 0.3) is 21.5 Å². The average Bonchev–Trinajstić information content (AvgIpc) is 2.73. The van der Waals surface area contributed by atoms with Gasteiger partial charge >= 0.3 is 0 Å². The number of hydrogen-bond acceptors (Lipinski definition) is 0. The normalized spacial score (nSPS) is 23.7. The molecule has 0 heterocycles. The van der Waals surface area contributed by atoms with Crippen molar-refractivity contribution in [2.75, 3.05) is 0 Å². The largest absolute Gasteiger partial charge is 0.0616 e. The second kappa shape index (κ2) is 5.70. The summed E-state index contributed by atoms with van der Waals surface area (Å²) < 4.78 is 0. The maximum absolute atomic E-state index is 2.43. The second-order valence-corrected chi connectivity index (χ2v) is 8.56. The molecule has 6 rings (SSSR count). The summed E-state index contributed by atoms with van der Waals surface area (Å²) >= 11 is 0. The lowest BCUT2D eigenvalue weighted by Gasteiger charge is -2.42. The van der Waals surface area contributed by atoms with Gasteiger partial charge in [-0.2, -0.15) is 0 Å². The summed E-state index contributed by atoms with van der Waals surface area (Å²) in [4.78, 5) is 0. The van der Waals surface area contributed by atoms with Gasteiger partial charge in [0.2, 0.25) is 0 Å². The minimum atomic E-state index is 0.539. The Labute approximate surface area is 160 Å². The van der Waals surface area contributed by atoms with E-state index >= 15 is 0 Å². The summed E-state index contributed by atoms with van der Waals surface area (Å²) in [5, 5.41) is 5.71. The molecule has 0 fully saturated rings. The zero-order chi connectivity index (χ0) is 18.0. The lowest BCUT2D eigenvalue weighted by Crippen LogP contribution is -2.29. The third kappa shape index (κ3) is 2.16. The number of benzene rings is 4. The van der Waals surface area contributed by atoms with Gasteiger partial charge in [0.15, 0.2) is 0 Å². The Balaban J connectivity index is 1.73. The number of rotatable bonds is 0. The zero-order valence-electron chi connectivity index (χ0n) is 15.8. The van der Waals surface area contributed by atoms with E-state index in [0.717, 1.165) is 5.92 Å². The van der Waals surface area contributed by atoms with Crippen molar-refractivity contribution in [1.29, 1.82) is 0 Å². The van der Waals surface area contributed by atoms with Crippen LogP contribution in [0.2, 0.25) is 0 Å². The summed E-state index contributed by atoms with van der Waals surface area (Å²) in [6.07, 6.45) is 3.87. The molecule has 0 heteroatoms. The van der Waals surface area contributed by atoms with Gasteiger partial charge in [-0.1, -0.05) is 79.7 Å². The van der Waals surface area contributed by atoms with Gasteiger partial charge in [0, 0.05) is 5.92 Å². The monoisotopic (exact) mass is 348 g/mol. The topological polar surface area (TPSA) is 0 Å². The number of fused-ring (bicyclic) bond motifs is 9. The highest BCUT2D eigenvalue weighted by molar-refractivity contribution is 5.92. The maximum Gasteiger partial charge on any atom is 0.0136 e. The summed E-state index contributed by atoms with van der Waals surface area (Å²) in [5.74, 6) is 1.95. The van der Waals surface area contributed by atoms with E-state index in [-0.39, 0.29) is 0 Å². The van der Waals surface area contributed by atoms with E-state index < -0.39 is 0 Å². The lowest BCUT2D eigenvalue weighted by atomic mass is 9.61. The Morgan fingerprint density at radius 3 is 2.15 bits per heavy atom. The Bertz CT molecular complexity index is 1180. The predicted octanol–water partition coefficient (Wildman–Crippen LogP) is 7.19. The highest BCUT2D eigenvalue weighted by Crippen LogP contribution is 2.54. The Kier molecular flexibility index (Phi) is 3.26. The van der Waals surface area contributed by atoms with Gasteiger partial charge < -0.3 is 0 Å². The van der Waals surface area contributed by atoms with Crippen LogP contribution in [0.1, 0.15) is 53.9 Å². The molecule has 0 saturated carbocycles. The number of aryl methyl sites for hydroxylation is 1. The molecule has 4 aromatic carbocycles. The van der Waals surface area contributed by atoms with Crippen molar-refractivity contribution in [3.63, 3.8) is 0 Å². The standard InChI is InChI=1S/C27H24/c1-17-16-21-13-12-20-11-10-18-6-2-4-8-23(18)25(20)26(21)27-22(17)15-14-19-7-3-5-9-24(19)27/h2-11,14-15,17,21,26H,12-13,16H2,1H3. The van der Waals surface area contributed by atoms with Crippen molar-refractivity contribution < 1.29 is 0 Å². The summed E-state index contributed by atoms with van der Waals surface area (Å²) in [5.41, 5.74) is 6.39. The van der Waals surface area contributed by atoms with Gasteiger partial charge in [0.1, 0.15) is 0 Å². The fourth-order valence-corrected chi connectivity index (χ4v) is 5.97. The molecule has 2 aliphatic carbocycles. The second-order valence-electron chi connectivity index (χ2n) is 8.56. The molecule has 0 bridgehead atoms. The van der Waals surface area contributed by atoms with E-state index in [1.165, 1.54) is 40.8 Å². The first kappa shape index (κ1) is 15.5. The predicted molar refractivity (Wildman–Crippen MR) is 115 cm³/mol. The molecule has 3 atom stereocenters. The molecule has 2 aliphatic rings. The van der Waals surface area contributed by atoms with Crippen molar-refractivity contribution >= 4 is 21.5 Å². The van der Waals surface area contributed by atoms with Crippen LogP contribution in [0.3, 0.4) is 0 Å². The summed E-state index contributed by atoms with van der Waals surface area (Å²) in [6.45, 7) is 2.43. The fraction of sp³-hybridized carbons (Fsp3) is 0.259. The van der Waals surface area contributed by atoms with E-state index in [1.54, 1.807) is 22.3 Å². The summed E-state index contributed by atoms with van der Waals surface area (Å²) in [6, 6.07) is 27.5. The lowest BCUT2D eigenvalue weighted by molar-refractivity contribution is 0.339. The van der Waals surface area contributed by atoms with Gasteiger partial charge in [-0.3, -0.25) is 0 Å². The van der Waals surface area contributed by atoms with Gasteiger partial charge in [-0.05, 0) is 74.9 Å². The first-order valence-corrected chi connectivity index (χ1v) is 10.3. The molecule has 0 saturated heterocycles. The first-order valence-electron chi connectivity index (χ1n) is 10.3. The SMILES string of the molecule is CC1CC2CCc3ccc4ccccc4c3C2c2c1ccc1ccccc21. The summed E-state index contributed by atoms with van der Waals surface area (Å²) in [7, 11) is 0. The average molecular weight is 348 g/mol. The zero-order valence-corrected chi connectivity index (χ0v) is 15.8. The van der Waals surface area contributed by atoms with E-state index in [9.17, 15) is 0 Å². The van der Waals surface area contributed by atoms with E-state index in [2.05, 4.69) is 79.7 Å². The molecule has 0 aliphatic heterocycles. The molecule has 0 N–H and O–H groups in total. The van der Waals surface area contributed by atoms with Crippen molar-refractivity contribution in [3.8, 4) is 0 Å². The maximum atomic E-state index is 2.43. The molecule has 0 radical (unpaired) electrons. The molecular formula is C27H24. The van der Waals surface area contributed by atoms with Crippen molar-refractivity contribution in [3.05, 3.63) is 95.1 Å². The van der Waals surface area contributed by atoms with Crippen LogP contribution < -0.4 is 0 Å². The van der Waals surface area contributed by atoms with Crippen LogP contribution in [0.4, 0.5) is 0 Å². The van der Waals surface area contributed by atoms with Crippen molar-refractivity contribution in [2.24, 2.45) is 5.92 Å². The third-order valence-electron chi connectivity index (χ3n) is 7.13. The Morgan fingerprint density at radius 2 is 1.37 bits per heavy atom. The molecule has 27 heavy (non-hydrogen) atoms. The third-order valence-corrected chi connectivity index (χ3v) is 7.13. The Hall–Kier alpha value is -2.60. The van der Waals surface area contributed by atoms with Crippen molar-refractivity contribution in [2.45, 2.75) is 38.0 Å². The number of hydrogen-bond donors (Lipinski definition) is 0. The van der Waals surface area contributed by atoms with Crippen LogP contribution >= 0.6 is 0 Å². The minimum Gasteiger partial charge on any atom is -0.0616 e. The van der Waals surface area contributed by atoms with Gasteiger partial charge in [0.25, 0.3) is 0 Å². The van der Waals surface area contributed by atoms with Gasteiger partial charge in [0.05, 0.1) is 0 Å². The van der Waals surface area contributed by atoms with Crippen LogP contribution in [0.5, 0.6) is 0 Å². The van der Waals surface area contributed by atoms with Crippen LogP contribution in [0, 0.1) is 5.92 Å². The molecule has 0 amide bonds. The van der Waals surface area contributed by atoms with Crippen LogP contribution in [0.15, 0.2) is 72.8 Å². The fourth-order valence-electron chi connectivity index (χ4n) is 5.97. The van der Waals surface area contributed by atoms with Gasteiger partial charge in [-0.25, -0.2) is 0 Å². The molecule has 0 aromatic heterocycles. The van der Waals surface area contributed by atoms with Crippen LogP contribution in [-0.4, -0.2) is 0 Å². The minimum absolute atomic E-state index is 0.539. The molecule has 3 unspecified atom stereocenters. The highest BCUT2D eigenvalue weighted by Gasteiger charge is 2.39. The molecule has 0 nitrogen and oxygen atoms in total. The molecule has 4 aromatic rings. The quantitative estimate of drug-likeness (QED) is 0.315. The first-order chi connectivity index (χ1) is 13.3. The highest BCUT2D eigenvalue weighted by atomic mass is 14.4. The smallest absolute Gasteiger partial charge is 0.0136 e. The van der Waals surface area contributed by atoms with Crippen LogP contribution in [-0.2, 0) is 6.42 Å². The van der Waals surface area contributed by atoms with Crippen molar-refractivity contribution in [1.82, 2.24) is 0 Å². The molecule has 132 valence electrons. The van der Waals surface area contributed by atoms with Gasteiger partial charge in [-0.15, -0.1) is 0 Å².